The number of aldehydes is 1. The highest BCUT2D eigenvalue weighted by Crippen LogP contribution is 2.42. The van der Waals surface area contributed by atoms with Crippen molar-refractivity contribution in [1.29, 1.82) is 0 Å². The molecule has 67 heavy (non-hydrogen) atoms. The third-order valence-electron chi connectivity index (χ3n) is 12.5. The SMILES string of the molecule is C[C@@]1(C=O)CCC(c2ccc(Cl)cc2)=C(CN2CCN(c3ccc(C(=O)NS(=O)(=O)c4ccc(NC(CCN5CCCOCC5)CSc5ccccc5)c(S(=O)(=O)C(F)(F)F)c4)cc3)CC2)C1. The number of rotatable bonds is 17. The van der Waals surface area contributed by atoms with E-state index < -0.39 is 58.2 Å². The maximum atomic E-state index is 14.2. The molecule has 3 aliphatic rings. The third kappa shape index (κ3) is 13.0. The molecule has 7 rings (SSSR count). The molecule has 360 valence electrons. The third-order valence-corrected chi connectivity index (χ3v) is 16.8. The fourth-order valence-electron chi connectivity index (χ4n) is 8.65. The van der Waals surface area contributed by atoms with Gasteiger partial charge in [0.1, 0.15) is 11.2 Å². The minimum atomic E-state index is -6.07. The van der Waals surface area contributed by atoms with Crippen LogP contribution in [0, 0.1) is 5.41 Å². The summed E-state index contributed by atoms with van der Waals surface area (Å²) in [7, 11) is -10.9. The number of piperazine rings is 1. The summed E-state index contributed by atoms with van der Waals surface area (Å²) >= 11 is 7.61. The molecular formula is C48H55ClF3N5O7S3. The molecule has 0 aromatic heterocycles. The van der Waals surface area contributed by atoms with Gasteiger partial charge in [-0.15, -0.1) is 11.8 Å². The normalized spacial score (nSPS) is 19.7. The van der Waals surface area contributed by atoms with Crippen LogP contribution in [0.4, 0.5) is 24.5 Å². The summed E-state index contributed by atoms with van der Waals surface area (Å²) in [5.74, 6) is -0.686. The second kappa shape index (κ2) is 21.9. The number of nitrogens with zero attached hydrogens (tertiary/aromatic N) is 3. The van der Waals surface area contributed by atoms with E-state index in [1.54, 1.807) is 12.1 Å². The van der Waals surface area contributed by atoms with E-state index >= 15 is 0 Å². The minimum Gasteiger partial charge on any atom is -0.380 e. The van der Waals surface area contributed by atoms with Gasteiger partial charge >= 0.3 is 5.51 Å². The number of benzene rings is 4. The van der Waals surface area contributed by atoms with Gasteiger partial charge in [0.2, 0.25) is 0 Å². The summed E-state index contributed by atoms with van der Waals surface area (Å²) in [6, 6.07) is 25.3. The van der Waals surface area contributed by atoms with Crippen LogP contribution in [0.5, 0.6) is 0 Å². The van der Waals surface area contributed by atoms with E-state index in [1.807, 2.05) is 66.2 Å². The Bertz CT molecular complexity index is 2610. The summed E-state index contributed by atoms with van der Waals surface area (Å²) in [6.45, 7) is 8.69. The first kappa shape index (κ1) is 50.4. The monoisotopic (exact) mass is 1000 g/mol. The largest absolute Gasteiger partial charge is 0.501 e. The summed E-state index contributed by atoms with van der Waals surface area (Å²) in [5, 5.41) is 3.66. The van der Waals surface area contributed by atoms with Crippen LogP contribution in [-0.2, 0) is 29.4 Å². The number of hydrogen-bond acceptors (Lipinski definition) is 12. The van der Waals surface area contributed by atoms with Crippen molar-refractivity contribution in [3.8, 4) is 0 Å². The lowest BCUT2D eigenvalue weighted by Gasteiger charge is -2.39. The highest BCUT2D eigenvalue weighted by atomic mass is 35.5. The van der Waals surface area contributed by atoms with E-state index in [-0.39, 0.29) is 5.56 Å². The first-order valence-corrected chi connectivity index (χ1v) is 26.5. The van der Waals surface area contributed by atoms with Gasteiger partial charge in [0.25, 0.3) is 25.8 Å². The van der Waals surface area contributed by atoms with E-state index in [9.17, 15) is 39.6 Å². The maximum Gasteiger partial charge on any atom is 0.501 e. The number of alkyl halides is 3. The zero-order valence-electron chi connectivity index (χ0n) is 37.1. The number of amides is 1. The molecule has 1 unspecified atom stereocenters. The molecule has 1 amide bonds. The van der Waals surface area contributed by atoms with Gasteiger partial charge in [0.05, 0.1) is 17.2 Å². The lowest BCUT2D eigenvalue weighted by molar-refractivity contribution is -0.115. The van der Waals surface area contributed by atoms with Gasteiger partial charge in [-0.2, -0.15) is 13.2 Å². The number of allylic oxidation sites excluding steroid dienone is 1. The molecule has 2 fully saturated rings. The second-order valence-corrected chi connectivity index (χ2v) is 22.6. The average Bonchev–Trinajstić information content (AvgIpc) is 3.59. The molecule has 0 saturated carbocycles. The molecule has 4 aromatic rings. The fraction of sp³-hybridized carbons (Fsp3) is 0.417. The smallest absolute Gasteiger partial charge is 0.380 e. The highest BCUT2D eigenvalue weighted by molar-refractivity contribution is 7.99. The van der Waals surface area contributed by atoms with Crippen LogP contribution >= 0.6 is 23.4 Å². The molecule has 4 aromatic carbocycles. The first-order valence-electron chi connectivity index (χ1n) is 22.2. The Morgan fingerprint density at radius 1 is 0.896 bits per heavy atom. The molecule has 1 aliphatic carbocycles. The van der Waals surface area contributed by atoms with Crippen molar-refractivity contribution in [3.63, 3.8) is 0 Å². The van der Waals surface area contributed by atoms with Crippen LogP contribution in [0.3, 0.4) is 0 Å². The number of anilines is 2. The molecule has 12 nitrogen and oxygen atoms in total. The number of thioether (sulfide) groups is 1. The Morgan fingerprint density at radius 2 is 1.61 bits per heavy atom. The highest BCUT2D eigenvalue weighted by Gasteiger charge is 2.48. The van der Waals surface area contributed by atoms with Crippen LogP contribution in [0.1, 0.15) is 54.9 Å². The Morgan fingerprint density at radius 3 is 2.30 bits per heavy atom. The van der Waals surface area contributed by atoms with Crippen LogP contribution in [0.25, 0.3) is 5.57 Å². The Balaban J connectivity index is 1.02. The van der Waals surface area contributed by atoms with Crippen molar-refractivity contribution in [2.24, 2.45) is 5.41 Å². The van der Waals surface area contributed by atoms with E-state index in [0.717, 1.165) is 80.0 Å². The van der Waals surface area contributed by atoms with Gasteiger partial charge in [-0.25, -0.2) is 21.6 Å². The lowest BCUT2D eigenvalue weighted by Crippen LogP contribution is -2.47. The van der Waals surface area contributed by atoms with Gasteiger partial charge in [0, 0.05) is 97.3 Å². The van der Waals surface area contributed by atoms with Crippen LogP contribution in [-0.4, -0.2) is 122 Å². The molecule has 19 heteroatoms. The van der Waals surface area contributed by atoms with E-state index in [2.05, 4.69) is 20.0 Å². The van der Waals surface area contributed by atoms with Gasteiger partial charge in [0.15, 0.2) is 0 Å². The number of carbonyl (C=O) groups excluding carboxylic acids is 2. The molecule has 2 atom stereocenters. The molecule has 2 saturated heterocycles. The number of nitrogens with one attached hydrogen (secondary N) is 2. The fourth-order valence-corrected chi connectivity index (χ4v) is 11.8. The molecule has 0 bridgehead atoms. The van der Waals surface area contributed by atoms with E-state index in [0.29, 0.717) is 69.1 Å². The topological polar surface area (TPSA) is 145 Å². The number of ether oxygens (including phenoxy) is 1. The summed E-state index contributed by atoms with van der Waals surface area (Å²) in [4.78, 5) is 30.9. The zero-order valence-corrected chi connectivity index (χ0v) is 40.3. The molecule has 2 N–H and O–H groups in total. The summed E-state index contributed by atoms with van der Waals surface area (Å²) in [5.41, 5.74) is -2.22. The van der Waals surface area contributed by atoms with Crippen molar-refractivity contribution >= 4 is 72.4 Å². The quantitative estimate of drug-likeness (QED) is 0.0774. The van der Waals surface area contributed by atoms with Gasteiger partial charge in [-0.3, -0.25) is 9.69 Å². The van der Waals surface area contributed by atoms with Crippen molar-refractivity contribution in [2.75, 3.05) is 81.5 Å². The van der Waals surface area contributed by atoms with Crippen molar-refractivity contribution < 1.29 is 44.3 Å². The number of carbonyl (C=O) groups is 2. The van der Waals surface area contributed by atoms with Crippen molar-refractivity contribution in [2.45, 2.75) is 65.3 Å². The predicted octanol–water partition coefficient (Wildman–Crippen LogP) is 8.40. The molecule has 0 radical (unpaired) electrons. The summed E-state index contributed by atoms with van der Waals surface area (Å²) in [6.07, 6.45) is 4.57. The maximum absolute atomic E-state index is 14.2. The zero-order chi connectivity index (χ0) is 47.8. The van der Waals surface area contributed by atoms with Crippen LogP contribution in [0.15, 0.2) is 117 Å². The number of halogens is 4. The van der Waals surface area contributed by atoms with Crippen molar-refractivity contribution in [1.82, 2.24) is 14.5 Å². The first-order chi connectivity index (χ1) is 31.9. The second-order valence-electron chi connectivity index (χ2n) is 17.5. The average molecular weight is 1000 g/mol. The number of sulfonamides is 1. The van der Waals surface area contributed by atoms with Gasteiger partial charge in [-0.05, 0) is 110 Å². The predicted molar refractivity (Wildman–Crippen MR) is 257 cm³/mol. The van der Waals surface area contributed by atoms with Crippen LogP contribution in [0.2, 0.25) is 5.02 Å². The number of sulfone groups is 1. The lowest BCUT2D eigenvalue weighted by atomic mass is 9.72. The molecule has 2 heterocycles. The van der Waals surface area contributed by atoms with Gasteiger partial charge in [-0.1, -0.05) is 54.4 Å². The van der Waals surface area contributed by atoms with E-state index in [1.165, 1.54) is 35.0 Å². The standard InChI is InChI=1S/C48H55ClF3N5O7S3/c1-47(34-58)20-18-43(35-8-12-38(49)13-9-35)37(31-47)32-56-23-25-57(26-24-56)40-14-10-36(11-15-40)46(59)54-67(62,63)42-16-17-44(45(30-42)66(60,61)48(50,51)52)53-39(33-65-41-6-3-2-4-7-41)19-22-55-21-5-28-64-29-27-55/h2-4,6-17,30,34,39,53H,5,18-29,31-33H2,1H3,(H,54,59)/t39?,47-/m1/s1. The van der Waals surface area contributed by atoms with Crippen LogP contribution < -0.4 is 14.9 Å². The molecular weight excluding hydrogens is 947 g/mol. The molecule has 0 spiro atoms. The molecule has 2 aliphatic heterocycles. The minimum absolute atomic E-state index is 0.0284. The summed E-state index contributed by atoms with van der Waals surface area (Å²) < 4.78 is 104. The van der Waals surface area contributed by atoms with Crippen molar-refractivity contribution in [3.05, 3.63) is 119 Å². The Hall–Kier alpha value is -4.43. The van der Waals surface area contributed by atoms with Gasteiger partial charge < -0.3 is 24.6 Å². The number of hydrogen-bond donors (Lipinski definition) is 2. The van der Waals surface area contributed by atoms with E-state index in [4.69, 9.17) is 16.3 Å². The Kier molecular flexibility index (Phi) is 16.5. The Labute approximate surface area is 400 Å².